The fraction of sp³-hybridized carbons (Fsp3) is 0.348. The zero-order chi connectivity index (χ0) is 21.5. The number of amides is 2. The van der Waals surface area contributed by atoms with Gasteiger partial charge in [0.15, 0.2) is 0 Å². The molecular weight excluding hydrogens is 384 g/mol. The van der Waals surface area contributed by atoms with Crippen LogP contribution in [0.4, 0.5) is 5.69 Å². The molecule has 0 fully saturated rings. The van der Waals surface area contributed by atoms with E-state index in [2.05, 4.69) is 10.6 Å². The molecule has 2 aromatic rings. The smallest absolute Gasteiger partial charge is 0.310 e. The Morgan fingerprint density at radius 3 is 2.67 bits per heavy atom. The van der Waals surface area contributed by atoms with Gasteiger partial charge in [-0.2, -0.15) is 0 Å². The van der Waals surface area contributed by atoms with Crippen molar-refractivity contribution in [1.29, 1.82) is 0 Å². The average Bonchev–Trinajstić information content (AvgIpc) is 2.75. The minimum Gasteiger partial charge on any atom is -0.508 e. The molecule has 2 atom stereocenters. The first-order valence-corrected chi connectivity index (χ1v) is 9.97. The van der Waals surface area contributed by atoms with Gasteiger partial charge in [0.1, 0.15) is 5.75 Å². The van der Waals surface area contributed by atoms with Gasteiger partial charge >= 0.3 is 5.97 Å². The first-order chi connectivity index (χ1) is 14.5. The lowest BCUT2D eigenvalue weighted by atomic mass is 9.89. The number of esters is 1. The number of hydrogen-bond acceptors (Lipinski definition) is 5. The summed E-state index contributed by atoms with van der Waals surface area (Å²) >= 11 is 0. The second kappa shape index (κ2) is 9.91. The largest absolute Gasteiger partial charge is 0.508 e. The molecule has 0 aliphatic carbocycles. The van der Waals surface area contributed by atoms with Gasteiger partial charge in [-0.1, -0.05) is 30.3 Å². The zero-order valence-electron chi connectivity index (χ0n) is 16.9. The summed E-state index contributed by atoms with van der Waals surface area (Å²) in [6.45, 7) is 0.145. The van der Waals surface area contributed by atoms with Gasteiger partial charge in [-0.05, 0) is 48.6 Å². The van der Waals surface area contributed by atoms with Crippen molar-refractivity contribution in [2.24, 2.45) is 11.8 Å². The van der Waals surface area contributed by atoms with Crippen molar-refractivity contribution in [2.45, 2.75) is 25.7 Å². The van der Waals surface area contributed by atoms with Gasteiger partial charge in [0.2, 0.25) is 11.8 Å². The minimum absolute atomic E-state index is 0.0683. The molecule has 158 valence electrons. The number of nitrogens with one attached hydrogen (secondary N) is 2. The Hall–Kier alpha value is -3.35. The number of rotatable bonds is 8. The summed E-state index contributed by atoms with van der Waals surface area (Å²) in [7, 11) is 1.31. The highest BCUT2D eigenvalue weighted by molar-refractivity contribution is 5.96. The van der Waals surface area contributed by atoms with E-state index in [-0.39, 0.29) is 36.4 Å². The fourth-order valence-corrected chi connectivity index (χ4v) is 3.60. The number of anilines is 1. The zero-order valence-corrected chi connectivity index (χ0v) is 16.9. The molecule has 2 amide bonds. The predicted octanol–water partition coefficient (Wildman–Crippen LogP) is 2.43. The summed E-state index contributed by atoms with van der Waals surface area (Å²) < 4.78 is 4.85. The molecule has 1 heterocycles. The summed E-state index contributed by atoms with van der Waals surface area (Å²) in [6.07, 6.45) is 1.64. The third kappa shape index (κ3) is 5.59. The van der Waals surface area contributed by atoms with Crippen LogP contribution in [0.1, 0.15) is 24.0 Å². The monoisotopic (exact) mass is 410 g/mol. The first kappa shape index (κ1) is 21.4. The van der Waals surface area contributed by atoms with Crippen LogP contribution in [0.3, 0.4) is 0 Å². The lowest BCUT2D eigenvalue weighted by molar-refractivity contribution is -0.145. The molecule has 0 radical (unpaired) electrons. The third-order valence-corrected chi connectivity index (χ3v) is 5.33. The second-order valence-corrected chi connectivity index (χ2v) is 7.48. The number of para-hydroxylation sites is 1. The molecule has 3 rings (SSSR count). The number of phenols is 1. The van der Waals surface area contributed by atoms with E-state index in [9.17, 15) is 19.5 Å². The van der Waals surface area contributed by atoms with Crippen molar-refractivity contribution >= 4 is 23.5 Å². The van der Waals surface area contributed by atoms with Crippen LogP contribution in [0.2, 0.25) is 0 Å². The fourth-order valence-electron chi connectivity index (χ4n) is 3.60. The predicted molar refractivity (Wildman–Crippen MR) is 112 cm³/mol. The van der Waals surface area contributed by atoms with Crippen LogP contribution in [0.5, 0.6) is 5.75 Å². The Labute approximate surface area is 175 Å². The van der Waals surface area contributed by atoms with Gasteiger partial charge in [0.05, 0.1) is 13.0 Å². The van der Waals surface area contributed by atoms with Crippen LogP contribution in [0, 0.1) is 11.8 Å². The van der Waals surface area contributed by atoms with E-state index in [4.69, 9.17) is 4.74 Å². The molecule has 1 aliphatic heterocycles. The van der Waals surface area contributed by atoms with Gasteiger partial charge < -0.3 is 20.5 Å². The number of ether oxygens (including phenoxy) is 1. The Balaban J connectivity index is 1.50. The maximum absolute atomic E-state index is 12.3. The quantitative estimate of drug-likeness (QED) is 0.580. The summed E-state index contributed by atoms with van der Waals surface area (Å²) in [4.78, 5) is 36.7. The summed E-state index contributed by atoms with van der Waals surface area (Å²) in [5, 5.41) is 15.1. The van der Waals surface area contributed by atoms with Crippen LogP contribution < -0.4 is 10.6 Å². The topological polar surface area (TPSA) is 105 Å². The van der Waals surface area contributed by atoms with Crippen molar-refractivity contribution in [3.8, 4) is 5.75 Å². The molecule has 1 aliphatic rings. The van der Waals surface area contributed by atoms with Crippen LogP contribution >= 0.6 is 0 Å². The molecule has 2 unspecified atom stereocenters. The molecule has 3 N–H and O–H groups in total. The summed E-state index contributed by atoms with van der Waals surface area (Å²) in [5.74, 6) is -1.32. The van der Waals surface area contributed by atoms with Crippen LogP contribution in [-0.2, 0) is 32.0 Å². The molecule has 0 saturated carbocycles. The summed E-state index contributed by atoms with van der Waals surface area (Å²) in [5.41, 5.74) is 2.76. The van der Waals surface area contributed by atoms with Gasteiger partial charge in [-0.3, -0.25) is 14.4 Å². The maximum atomic E-state index is 12.3. The summed E-state index contributed by atoms with van der Waals surface area (Å²) in [6, 6.07) is 14.2. The molecule has 0 saturated heterocycles. The van der Waals surface area contributed by atoms with Crippen LogP contribution in [0.15, 0.2) is 48.5 Å². The Morgan fingerprint density at radius 1 is 1.20 bits per heavy atom. The van der Waals surface area contributed by atoms with E-state index in [0.29, 0.717) is 19.3 Å². The Kier molecular flexibility index (Phi) is 7.06. The van der Waals surface area contributed by atoms with Gasteiger partial charge in [0, 0.05) is 24.6 Å². The first-order valence-electron chi connectivity index (χ1n) is 9.97. The van der Waals surface area contributed by atoms with Crippen LogP contribution in [0.25, 0.3) is 0 Å². The molecule has 7 nitrogen and oxygen atoms in total. The number of fused-ring (bicyclic) bond motifs is 1. The number of carbonyl (C=O) groups excluding carboxylic acids is 3. The van der Waals surface area contributed by atoms with Crippen molar-refractivity contribution < 1.29 is 24.2 Å². The lowest BCUT2D eigenvalue weighted by Gasteiger charge is -2.24. The standard InChI is InChI=1S/C23H26N2O5/c1-30-23(29)18(12-15-6-9-19(26)10-7-15)14-24-21(27)11-8-17-13-16-4-2-3-5-20(16)25-22(17)28/h2-7,9-10,17-18,26H,8,11-14H2,1H3,(H,24,27)(H,25,28). The second-order valence-electron chi connectivity index (χ2n) is 7.48. The molecule has 7 heteroatoms. The van der Waals surface area contributed by atoms with Gasteiger partial charge in [-0.15, -0.1) is 0 Å². The number of carbonyl (C=O) groups is 3. The van der Waals surface area contributed by atoms with E-state index in [1.54, 1.807) is 24.3 Å². The van der Waals surface area contributed by atoms with Crippen molar-refractivity contribution in [2.75, 3.05) is 19.0 Å². The van der Waals surface area contributed by atoms with E-state index in [0.717, 1.165) is 16.8 Å². The molecule has 2 aromatic carbocycles. The van der Waals surface area contributed by atoms with Crippen molar-refractivity contribution in [1.82, 2.24) is 5.32 Å². The molecule has 30 heavy (non-hydrogen) atoms. The Bertz CT molecular complexity index is 910. The SMILES string of the molecule is COC(=O)C(CNC(=O)CCC1Cc2ccccc2NC1=O)Cc1ccc(O)cc1. The van der Waals surface area contributed by atoms with Crippen LogP contribution in [-0.4, -0.2) is 36.5 Å². The Morgan fingerprint density at radius 2 is 1.93 bits per heavy atom. The van der Waals surface area contributed by atoms with Crippen molar-refractivity contribution in [3.05, 3.63) is 59.7 Å². The normalized spacial score (nSPS) is 16.2. The van der Waals surface area contributed by atoms with Gasteiger partial charge in [-0.25, -0.2) is 0 Å². The number of methoxy groups -OCH3 is 1. The highest BCUT2D eigenvalue weighted by atomic mass is 16.5. The van der Waals surface area contributed by atoms with Crippen molar-refractivity contribution in [3.63, 3.8) is 0 Å². The number of aromatic hydroxyl groups is 1. The number of benzene rings is 2. The highest BCUT2D eigenvalue weighted by Gasteiger charge is 2.26. The van der Waals surface area contributed by atoms with E-state index in [1.807, 2.05) is 24.3 Å². The van der Waals surface area contributed by atoms with E-state index < -0.39 is 11.9 Å². The highest BCUT2D eigenvalue weighted by Crippen LogP contribution is 2.27. The lowest BCUT2D eigenvalue weighted by Crippen LogP contribution is -2.36. The molecule has 0 spiro atoms. The maximum Gasteiger partial charge on any atom is 0.310 e. The third-order valence-electron chi connectivity index (χ3n) is 5.33. The molecule has 0 bridgehead atoms. The number of hydrogen-bond donors (Lipinski definition) is 3. The van der Waals surface area contributed by atoms with Gasteiger partial charge in [0.25, 0.3) is 0 Å². The average molecular weight is 410 g/mol. The molecule has 0 aromatic heterocycles. The minimum atomic E-state index is -0.534. The molecular formula is C23H26N2O5. The van der Waals surface area contributed by atoms with E-state index >= 15 is 0 Å². The van der Waals surface area contributed by atoms with E-state index in [1.165, 1.54) is 7.11 Å². The number of phenolic OH excluding ortho intramolecular Hbond substituents is 1.